The fourth-order valence-electron chi connectivity index (χ4n) is 2.80. The number of anilines is 2. The number of fused-ring (bicyclic) bond motifs is 3. The highest BCUT2D eigenvalue weighted by atomic mass is 19.1. The number of ether oxygens (including phenoxy) is 1. The Bertz CT molecular complexity index is 1030. The van der Waals surface area contributed by atoms with Gasteiger partial charge in [-0.2, -0.15) is 5.10 Å². The Hall–Kier alpha value is -3.16. The van der Waals surface area contributed by atoms with Crippen molar-refractivity contribution in [2.24, 2.45) is 0 Å². The Labute approximate surface area is 165 Å². The van der Waals surface area contributed by atoms with Gasteiger partial charge in [-0.15, -0.1) is 0 Å². The highest BCUT2D eigenvalue weighted by molar-refractivity contribution is 5.99. The number of hydrogen-bond donors (Lipinski definition) is 2. The number of aromatic nitrogens is 3. The van der Waals surface area contributed by atoms with Crippen LogP contribution >= 0.6 is 0 Å². The van der Waals surface area contributed by atoms with Crippen LogP contribution in [0.15, 0.2) is 24.4 Å². The molecule has 2 aromatic heterocycles. The molecule has 0 fully saturated rings. The molecular weight excluding hydrogens is 361 g/mol. The van der Waals surface area contributed by atoms with E-state index in [1.807, 2.05) is 6.92 Å². The molecule has 1 aromatic carbocycles. The van der Waals surface area contributed by atoms with Gasteiger partial charge in [-0.1, -0.05) is 20.3 Å². The van der Waals surface area contributed by atoms with Gasteiger partial charge in [-0.05, 0) is 25.5 Å². The van der Waals surface area contributed by atoms with Crippen molar-refractivity contribution in [3.63, 3.8) is 0 Å². The molecular formula is C20H28FN5O2. The van der Waals surface area contributed by atoms with Crippen molar-refractivity contribution in [3.8, 4) is 5.75 Å². The molecule has 7 nitrogen and oxygen atoms in total. The van der Waals surface area contributed by atoms with Crippen LogP contribution in [0, 0.1) is 19.7 Å². The van der Waals surface area contributed by atoms with Crippen LogP contribution in [0.5, 0.6) is 5.75 Å². The molecule has 0 saturated carbocycles. The van der Waals surface area contributed by atoms with E-state index in [9.17, 15) is 9.18 Å². The molecule has 0 spiro atoms. The summed E-state index contributed by atoms with van der Waals surface area (Å²) < 4.78 is 21.6. The van der Waals surface area contributed by atoms with Gasteiger partial charge in [0.25, 0.3) is 5.91 Å². The number of carbonyl (C=O) groups is 1. The lowest BCUT2D eigenvalue weighted by Gasteiger charge is -2.13. The first-order valence-electron chi connectivity index (χ1n) is 9.28. The summed E-state index contributed by atoms with van der Waals surface area (Å²) >= 11 is 0. The zero-order valence-corrected chi connectivity index (χ0v) is 16.5. The standard InChI is InChI=1S/C17H16FN5O2.C3H8.2H2/c1-9-5-12(18)13-7-14(9)25-4-3-19-17(24)11-8-20-23-10(2)6-15(21-13)22-16(11)23;1-3-2;;/h5-8H,3-4H2,1-2H3,(H,19,24)(H,21,22);3H2,1-2H3;2*1H. The summed E-state index contributed by atoms with van der Waals surface area (Å²) in [5, 5.41) is 9.95. The Balaban J connectivity index is 0.000000851. The molecule has 2 N–H and O–H groups in total. The van der Waals surface area contributed by atoms with Gasteiger partial charge in [-0.25, -0.2) is 13.9 Å². The summed E-state index contributed by atoms with van der Waals surface area (Å²) in [6.45, 7) is 8.44. The van der Waals surface area contributed by atoms with Crippen molar-refractivity contribution in [3.05, 3.63) is 47.0 Å². The predicted octanol–water partition coefficient (Wildman–Crippen LogP) is 4.26. The summed E-state index contributed by atoms with van der Waals surface area (Å²) in [6.07, 6.45) is 2.72. The minimum atomic E-state index is -0.401. The lowest BCUT2D eigenvalue weighted by Crippen LogP contribution is -2.28. The number of nitrogens with zero attached hydrogens (tertiary/aromatic N) is 3. The molecule has 0 unspecified atom stereocenters. The minimum Gasteiger partial charge on any atom is -0.491 e. The highest BCUT2D eigenvalue weighted by Crippen LogP contribution is 2.28. The predicted molar refractivity (Wildman–Crippen MR) is 110 cm³/mol. The summed E-state index contributed by atoms with van der Waals surface area (Å²) in [7, 11) is 0. The number of benzene rings is 1. The molecule has 8 heteroatoms. The van der Waals surface area contributed by atoms with Gasteiger partial charge < -0.3 is 15.4 Å². The van der Waals surface area contributed by atoms with E-state index >= 15 is 0 Å². The molecule has 152 valence electrons. The van der Waals surface area contributed by atoms with Crippen LogP contribution in [-0.4, -0.2) is 33.7 Å². The average molecular weight is 389 g/mol. The van der Waals surface area contributed by atoms with E-state index in [2.05, 4.69) is 34.6 Å². The maximum atomic E-state index is 14.3. The highest BCUT2D eigenvalue weighted by Gasteiger charge is 2.17. The van der Waals surface area contributed by atoms with Crippen LogP contribution < -0.4 is 15.4 Å². The molecule has 3 aromatic rings. The number of hydrogen-bond acceptors (Lipinski definition) is 5. The van der Waals surface area contributed by atoms with Crippen LogP contribution in [0.25, 0.3) is 5.65 Å². The third-order valence-corrected chi connectivity index (χ3v) is 4.07. The molecule has 28 heavy (non-hydrogen) atoms. The van der Waals surface area contributed by atoms with Crippen molar-refractivity contribution < 1.29 is 16.8 Å². The summed E-state index contributed by atoms with van der Waals surface area (Å²) in [4.78, 5) is 16.8. The number of carbonyl (C=O) groups excluding carboxylic acids is 1. The normalized spacial score (nSPS) is 13.2. The van der Waals surface area contributed by atoms with Crippen LogP contribution in [0.2, 0.25) is 0 Å². The number of rotatable bonds is 0. The van der Waals surface area contributed by atoms with E-state index in [0.717, 1.165) is 5.69 Å². The Morgan fingerprint density at radius 1 is 1.29 bits per heavy atom. The molecule has 0 atom stereocenters. The van der Waals surface area contributed by atoms with Crippen molar-refractivity contribution in [1.29, 1.82) is 0 Å². The number of amides is 1. The minimum absolute atomic E-state index is 0. The first kappa shape index (κ1) is 19.6. The Kier molecular flexibility index (Phi) is 5.77. The number of halogens is 1. The lowest BCUT2D eigenvalue weighted by atomic mass is 10.2. The molecule has 1 aliphatic heterocycles. The van der Waals surface area contributed by atoms with Gasteiger partial charge in [0.2, 0.25) is 0 Å². The van der Waals surface area contributed by atoms with Gasteiger partial charge in [0.05, 0.1) is 18.4 Å². The van der Waals surface area contributed by atoms with E-state index in [0.29, 0.717) is 34.9 Å². The van der Waals surface area contributed by atoms with Gasteiger partial charge in [0.1, 0.15) is 29.6 Å². The van der Waals surface area contributed by atoms with Crippen molar-refractivity contribution >= 4 is 23.1 Å². The first-order chi connectivity index (χ1) is 13.4. The van der Waals surface area contributed by atoms with Crippen LogP contribution in [-0.2, 0) is 0 Å². The van der Waals surface area contributed by atoms with Crippen molar-refractivity contribution in [2.45, 2.75) is 34.1 Å². The zero-order chi connectivity index (χ0) is 20.3. The van der Waals surface area contributed by atoms with E-state index < -0.39 is 5.82 Å². The molecule has 0 saturated heterocycles. The fourth-order valence-corrected chi connectivity index (χ4v) is 2.80. The van der Waals surface area contributed by atoms with E-state index in [4.69, 9.17) is 4.74 Å². The van der Waals surface area contributed by atoms with E-state index in [1.54, 1.807) is 23.6 Å². The molecule has 1 amide bonds. The van der Waals surface area contributed by atoms with Crippen LogP contribution in [0.4, 0.5) is 15.9 Å². The first-order valence-corrected chi connectivity index (χ1v) is 9.28. The Morgan fingerprint density at radius 3 is 2.79 bits per heavy atom. The average Bonchev–Trinajstić information content (AvgIpc) is 3.06. The molecule has 0 aliphatic carbocycles. The van der Waals surface area contributed by atoms with E-state index in [-0.39, 0.29) is 21.1 Å². The second kappa shape index (κ2) is 8.24. The summed E-state index contributed by atoms with van der Waals surface area (Å²) in [6, 6.07) is 4.75. The van der Waals surface area contributed by atoms with Crippen LogP contribution in [0.3, 0.4) is 0 Å². The monoisotopic (exact) mass is 389 g/mol. The lowest BCUT2D eigenvalue weighted by molar-refractivity contribution is 0.0948. The molecule has 4 rings (SSSR count). The topological polar surface area (TPSA) is 80.5 Å². The quantitative estimate of drug-likeness (QED) is 0.600. The molecule has 1 aliphatic rings. The Morgan fingerprint density at radius 2 is 2.04 bits per heavy atom. The number of nitrogens with one attached hydrogen (secondary N) is 2. The van der Waals surface area contributed by atoms with E-state index in [1.165, 1.54) is 18.7 Å². The van der Waals surface area contributed by atoms with Gasteiger partial charge in [0.15, 0.2) is 5.65 Å². The number of aryl methyl sites for hydroxylation is 2. The molecule has 4 bridgehead atoms. The summed E-state index contributed by atoms with van der Waals surface area (Å²) in [5.74, 6) is 0.296. The van der Waals surface area contributed by atoms with Gasteiger partial charge in [0, 0.05) is 20.7 Å². The second-order valence-corrected chi connectivity index (χ2v) is 6.61. The molecule has 3 heterocycles. The smallest absolute Gasteiger partial charge is 0.256 e. The third kappa shape index (κ3) is 3.90. The van der Waals surface area contributed by atoms with Crippen molar-refractivity contribution in [1.82, 2.24) is 19.9 Å². The SMILES string of the molecule is CCC.Cc1cc(F)c2cc1OCCNC(=O)c1cnn3c(C)cc(nc13)N2.[HH].[HH]. The van der Waals surface area contributed by atoms with Gasteiger partial charge >= 0.3 is 0 Å². The maximum absolute atomic E-state index is 14.3. The summed E-state index contributed by atoms with van der Waals surface area (Å²) in [5.41, 5.74) is 2.48. The fraction of sp³-hybridized carbons (Fsp3) is 0.350. The molecule has 0 radical (unpaired) electrons. The van der Waals surface area contributed by atoms with Gasteiger partial charge in [-0.3, -0.25) is 4.79 Å². The largest absolute Gasteiger partial charge is 0.491 e. The third-order valence-electron chi connectivity index (χ3n) is 4.07. The van der Waals surface area contributed by atoms with Crippen LogP contribution in [0.1, 0.15) is 44.7 Å². The maximum Gasteiger partial charge on any atom is 0.256 e. The zero-order valence-electron chi connectivity index (χ0n) is 16.5. The second-order valence-electron chi connectivity index (χ2n) is 6.61. The van der Waals surface area contributed by atoms with Crippen molar-refractivity contribution in [2.75, 3.05) is 18.5 Å².